The molecule has 0 aliphatic rings. The maximum atomic E-state index is 8.52. The van der Waals surface area contributed by atoms with Crippen LogP contribution in [-0.2, 0) is 6.42 Å². The lowest BCUT2D eigenvalue weighted by atomic mass is 10.1. The maximum absolute atomic E-state index is 8.52. The number of hydrogen-bond donors (Lipinski definition) is 2. The van der Waals surface area contributed by atoms with Gasteiger partial charge in [-0.15, -0.1) is 0 Å². The average Bonchev–Trinajstić information content (AvgIpc) is 2.70. The molecule has 0 bridgehead atoms. The van der Waals surface area contributed by atoms with E-state index in [9.17, 15) is 0 Å². The summed E-state index contributed by atoms with van der Waals surface area (Å²) in [5.74, 6) is 0.708. The standard InChI is InChI=1S/C13H15N3O/c1-9(15)7-10-8-16-13-11(10)3-2-4-12(13)17-6-5-14/h2-4,8-9,16H,6-7,15H2,1H3/t9-/m0/s1. The molecule has 17 heavy (non-hydrogen) atoms. The smallest absolute Gasteiger partial charge is 0.174 e. The normalized spacial score (nSPS) is 12.3. The zero-order chi connectivity index (χ0) is 12.3. The zero-order valence-corrected chi connectivity index (χ0v) is 9.73. The van der Waals surface area contributed by atoms with Crippen LogP contribution in [0.3, 0.4) is 0 Å². The van der Waals surface area contributed by atoms with Crippen LogP contribution in [0.15, 0.2) is 24.4 Å². The largest absolute Gasteiger partial charge is 0.477 e. The highest BCUT2D eigenvalue weighted by Crippen LogP contribution is 2.27. The number of fused-ring (bicyclic) bond motifs is 1. The number of nitrogens with zero attached hydrogens (tertiary/aromatic N) is 1. The number of aromatic amines is 1. The summed E-state index contributed by atoms with van der Waals surface area (Å²) in [4.78, 5) is 3.18. The molecule has 4 nitrogen and oxygen atoms in total. The Hall–Kier alpha value is -1.99. The molecule has 0 radical (unpaired) electrons. The van der Waals surface area contributed by atoms with Crippen molar-refractivity contribution in [3.05, 3.63) is 30.0 Å². The van der Waals surface area contributed by atoms with Crippen molar-refractivity contribution in [2.45, 2.75) is 19.4 Å². The molecule has 2 rings (SSSR count). The lowest BCUT2D eigenvalue weighted by molar-refractivity contribution is 0.372. The lowest BCUT2D eigenvalue weighted by Crippen LogP contribution is -2.17. The van der Waals surface area contributed by atoms with E-state index in [2.05, 4.69) is 4.98 Å². The van der Waals surface area contributed by atoms with Crippen molar-refractivity contribution in [3.63, 3.8) is 0 Å². The molecule has 0 saturated heterocycles. The van der Waals surface area contributed by atoms with Crippen molar-refractivity contribution < 1.29 is 4.74 Å². The Kier molecular flexibility index (Phi) is 3.31. The Bertz CT molecular complexity index is 551. The molecule has 1 atom stereocenters. The number of H-pyrrole nitrogens is 1. The van der Waals surface area contributed by atoms with Crippen LogP contribution in [0.5, 0.6) is 5.75 Å². The number of benzene rings is 1. The van der Waals surface area contributed by atoms with Crippen LogP contribution in [-0.4, -0.2) is 17.6 Å². The summed E-state index contributed by atoms with van der Waals surface area (Å²) in [6.07, 6.45) is 2.77. The van der Waals surface area contributed by atoms with Crippen LogP contribution < -0.4 is 10.5 Å². The lowest BCUT2D eigenvalue weighted by Gasteiger charge is -2.05. The van der Waals surface area contributed by atoms with Gasteiger partial charge in [0.25, 0.3) is 0 Å². The zero-order valence-electron chi connectivity index (χ0n) is 9.73. The van der Waals surface area contributed by atoms with Crippen LogP contribution in [0.4, 0.5) is 0 Å². The highest BCUT2D eigenvalue weighted by molar-refractivity contribution is 5.88. The van der Waals surface area contributed by atoms with Gasteiger partial charge >= 0.3 is 0 Å². The number of ether oxygens (including phenoxy) is 1. The van der Waals surface area contributed by atoms with Crippen LogP contribution in [0.2, 0.25) is 0 Å². The van der Waals surface area contributed by atoms with Crippen LogP contribution in [0, 0.1) is 11.3 Å². The molecule has 2 aromatic rings. The predicted molar refractivity (Wildman–Crippen MR) is 66.8 cm³/mol. The van der Waals surface area contributed by atoms with E-state index in [4.69, 9.17) is 15.7 Å². The monoisotopic (exact) mass is 229 g/mol. The van der Waals surface area contributed by atoms with E-state index in [-0.39, 0.29) is 12.6 Å². The fourth-order valence-electron chi connectivity index (χ4n) is 1.93. The van der Waals surface area contributed by atoms with Crippen molar-refractivity contribution >= 4 is 10.9 Å². The Morgan fingerprint density at radius 2 is 2.35 bits per heavy atom. The Morgan fingerprint density at radius 1 is 1.53 bits per heavy atom. The third-order valence-electron chi connectivity index (χ3n) is 2.60. The van der Waals surface area contributed by atoms with Gasteiger partial charge in [-0.3, -0.25) is 0 Å². The molecule has 0 amide bonds. The molecular weight excluding hydrogens is 214 g/mol. The van der Waals surface area contributed by atoms with E-state index in [1.54, 1.807) is 0 Å². The van der Waals surface area contributed by atoms with E-state index >= 15 is 0 Å². The maximum Gasteiger partial charge on any atom is 0.174 e. The summed E-state index contributed by atoms with van der Waals surface area (Å²) < 4.78 is 5.36. The van der Waals surface area contributed by atoms with Gasteiger partial charge in [0.05, 0.1) is 5.52 Å². The van der Waals surface area contributed by atoms with Crippen molar-refractivity contribution in [2.24, 2.45) is 5.73 Å². The van der Waals surface area contributed by atoms with Gasteiger partial charge in [-0.25, -0.2) is 0 Å². The molecule has 0 aliphatic heterocycles. The number of nitrogens with two attached hydrogens (primary N) is 1. The molecule has 0 aliphatic carbocycles. The van der Waals surface area contributed by atoms with E-state index in [0.29, 0.717) is 5.75 Å². The fourth-order valence-corrected chi connectivity index (χ4v) is 1.93. The molecule has 88 valence electrons. The summed E-state index contributed by atoms with van der Waals surface area (Å²) in [5.41, 5.74) is 7.91. The molecule has 0 fully saturated rings. The summed E-state index contributed by atoms with van der Waals surface area (Å²) >= 11 is 0. The minimum atomic E-state index is 0.0563. The summed E-state index contributed by atoms with van der Waals surface area (Å²) in [6.45, 7) is 2.04. The molecule has 1 heterocycles. The van der Waals surface area contributed by atoms with Crippen molar-refractivity contribution in [2.75, 3.05) is 6.61 Å². The first kappa shape index (κ1) is 11.5. The fraction of sp³-hybridized carbons (Fsp3) is 0.308. The quantitative estimate of drug-likeness (QED) is 0.841. The topological polar surface area (TPSA) is 74.8 Å². The van der Waals surface area contributed by atoms with E-state index in [1.807, 2.05) is 37.4 Å². The second-order valence-corrected chi connectivity index (χ2v) is 4.12. The Balaban J connectivity index is 2.39. The molecular formula is C13H15N3O. The molecule has 0 spiro atoms. The first-order chi connectivity index (χ1) is 8.22. The minimum absolute atomic E-state index is 0.0563. The van der Waals surface area contributed by atoms with Crippen molar-refractivity contribution in [3.8, 4) is 11.8 Å². The second-order valence-electron chi connectivity index (χ2n) is 4.12. The summed E-state index contributed by atoms with van der Waals surface area (Å²) in [6, 6.07) is 7.89. The van der Waals surface area contributed by atoms with Gasteiger partial charge in [-0.1, -0.05) is 12.1 Å². The minimum Gasteiger partial charge on any atom is -0.477 e. The number of hydrogen-bond acceptors (Lipinski definition) is 3. The van der Waals surface area contributed by atoms with Crippen LogP contribution >= 0.6 is 0 Å². The molecule has 1 aromatic heterocycles. The molecule has 0 unspecified atom stereocenters. The van der Waals surface area contributed by atoms with E-state index in [1.165, 1.54) is 5.56 Å². The number of nitrogens with one attached hydrogen (secondary N) is 1. The highest BCUT2D eigenvalue weighted by atomic mass is 16.5. The third-order valence-corrected chi connectivity index (χ3v) is 2.60. The first-order valence-corrected chi connectivity index (χ1v) is 5.56. The van der Waals surface area contributed by atoms with E-state index in [0.717, 1.165) is 17.3 Å². The number of nitriles is 1. The van der Waals surface area contributed by atoms with Gasteiger partial charge in [0, 0.05) is 17.6 Å². The highest BCUT2D eigenvalue weighted by Gasteiger charge is 2.09. The van der Waals surface area contributed by atoms with Gasteiger partial charge < -0.3 is 15.5 Å². The number of aromatic nitrogens is 1. The van der Waals surface area contributed by atoms with Gasteiger partial charge in [0.1, 0.15) is 11.8 Å². The van der Waals surface area contributed by atoms with Gasteiger partial charge in [-0.05, 0) is 25.0 Å². The van der Waals surface area contributed by atoms with E-state index < -0.39 is 0 Å². The SMILES string of the molecule is C[C@H](N)Cc1c[nH]c2c(OCC#N)cccc12. The van der Waals surface area contributed by atoms with Crippen LogP contribution in [0.1, 0.15) is 12.5 Å². The Labute approximate surface area is 100.0 Å². The molecule has 0 saturated carbocycles. The predicted octanol–water partition coefficient (Wildman–Crippen LogP) is 1.96. The number of para-hydroxylation sites is 1. The average molecular weight is 229 g/mol. The molecule has 4 heteroatoms. The van der Waals surface area contributed by atoms with Crippen molar-refractivity contribution in [1.29, 1.82) is 5.26 Å². The van der Waals surface area contributed by atoms with Crippen LogP contribution in [0.25, 0.3) is 10.9 Å². The van der Waals surface area contributed by atoms with Gasteiger partial charge in [-0.2, -0.15) is 5.26 Å². The van der Waals surface area contributed by atoms with Crippen molar-refractivity contribution in [1.82, 2.24) is 4.98 Å². The third kappa shape index (κ3) is 2.40. The van der Waals surface area contributed by atoms with Gasteiger partial charge in [0.2, 0.25) is 0 Å². The van der Waals surface area contributed by atoms with Gasteiger partial charge in [0.15, 0.2) is 6.61 Å². The Morgan fingerprint density at radius 3 is 3.06 bits per heavy atom. The first-order valence-electron chi connectivity index (χ1n) is 5.56. The molecule has 1 aromatic carbocycles. The summed E-state index contributed by atoms with van der Waals surface area (Å²) in [5, 5.41) is 9.63. The number of rotatable bonds is 4. The molecule has 3 N–H and O–H groups in total. The second kappa shape index (κ2) is 4.89. The summed E-state index contributed by atoms with van der Waals surface area (Å²) in [7, 11) is 0.